The summed E-state index contributed by atoms with van der Waals surface area (Å²) in [5.74, 6) is -0.0263. The molecular weight excluding hydrogens is 254 g/mol. The molecule has 1 aliphatic rings. The molecule has 106 valence electrons. The Morgan fingerprint density at radius 1 is 1.30 bits per heavy atom. The average Bonchev–Trinajstić information content (AvgIpc) is 3.03. The summed E-state index contributed by atoms with van der Waals surface area (Å²) in [5, 5.41) is 12.6. The van der Waals surface area contributed by atoms with Crippen molar-refractivity contribution in [2.24, 2.45) is 0 Å². The number of amides is 1. The molecule has 0 saturated heterocycles. The zero-order valence-electron chi connectivity index (χ0n) is 11.4. The van der Waals surface area contributed by atoms with Gasteiger partial charge in [-0.3, -0.25) is 4.79 Å². The number of hydrogen-bond acceptors (Lipinski definition) is 3. The van der Waals surface area contributed by atoms with Gasteiger partial charge < -0.3 is 14.8 Å². The van der Waals surface area contributed by atoms with E-state index >= 15 is 0 Å². The van der Waals surface area contributed by atoms with Crippen LogP contribution in [-0.4, -0.2) is 24.2 Å². The predicted molar refractivity (Wildman–Crippen MR) is 76.7 cm³/mol. The molecule has 0 saturated carbocycles. The molecule has 0 unspecified atom stereocenters. The molecular formula is C16H19NO3. The Morgan fingerprint density at radius 2 is 2.10 bits per heavy atom. The summed E-state index contributed by atoms with van der Waals surface area (Å²) >= 11 is 0. The molecule has 0 bridgehead atoms. The lowest BCUT2D eigenvalue weighted by molar-refractivity contribution is -0.120. The van der Waals surface area contributed by atoms with Gasteiger partial charge in [0.1, 0.15) is 5.58 Å². The summed E-state index contributed by atoms with van der Waals surface area (Å²) in [6, 6.07) is 4.29. The highest BCUT2D eigenvalue weighted by Gasteiger charge is 2.16. The van der Waals surface area contributed by atoms with Gasteiger partial charge in [0.15, 0.2) is 0 Å². The van der Waals surface area contributed by atoms with Crippen LogP contribution in [0.3, 0.4) is 0 Å². The van der Waals surface area contributed by atoms with E-state index in [4.69, 9.17) is 9.52 Å². The Kier molecular flexibility index (Phi) is 3.74. The van der Waals surface area contributed by atoms with Crippen LogP contribution in [0.4, 0.5) is 0 Å². The third-order valence-corrected chi connectivity index (χ3v) is 3.88. The second-order valence-corrected chi connectivity index (χ2v) is 5.34. The van der Waals surface area contributed by atoms with Crippen molar-refractivity contribution in [2.75, 3.05) is 13.2 Å². The fourth-order valence-electron chi connectivity index (χ4n) is 2.83. The zero-order valence-corrected chi connectivity index (χ0v) is 11.4. The Morgan fingerprint density at radius 3 is 2.90 bits per heavy atom. The molecule has 4 heteroatoms. The number of benzene rings is 1. The van der Waals surface area contributed by atoms with Gasteiger partial charge in [0.25, 0.3) is 0 Å². The SMILES string of the molecule is O=C(Cc1coc2cc3c(cc12)CCC3)NCCCO. The second kappa shape index (κ2) is 5.67. The Hall–Kier alpha value is -1.81. The number of aliphatic hydroxyl groups excluding tert-OH is 1. The number of furan rings is 1. The van der Waals surface area contributed by atoms with E-state index in [1.807, 2.05) is 0 Å². The number of carbonyl (C=O) groups excluding carboxylic acids is 1. The van der Waals surface area contributed by atoms with Gasteiger partial charge in [0, 0.05) is 24.1 Å². The maximum atomic E-state index is 11.8. The van der Waals surface area contributed by atoms with Gasteiger partial charge in [-0.25, -0.2) is 0 Å². The monoisotopic (exact) mass is 273 g/mol. The van der Waals surface area contributed by atoms with Crippen LogP contribution >= 0.6 is 0 Å². The van der Waals surface area contributed by atoms with Crippen LogP contribution in [0.15, 0.2) is 22.8 Å². The molecule has 2 aromatic rings. The number of carbonyl (C=O) groups is 1. The molecule has 0 aliphatic heterocycles. The topological polar surface area (TPSA) is 62.5 Å². The van der Waals surface area contributed by atoms with Gasteiger partial charge in [0.2, 0.25) is 5.91 Å². The quantitative estimate of drug-likeness (QED) is 0.819. The van der Waals surface area contributed by atoms with Crippen LogP contribution in [0.5, 0.6) is 0 Å². The smallest absolute Gasteiger partial charge is 0.224 e. The third kappa shape index (κ3) is 2.56. The molecule has 1 amide bonds. The normalized spacial score (nSPS) is 13.7. The van der Waals surface area contributed by atoms with E-state index in [0.29, 0.717) is 19.4 Å². The van der Waals surface area contributed by atoms with Gasteiger partial charge in [-0.2, -0.15) is 0 Å². The van der Waals surface area contributed by atoms with Gasteiger partial charge >= 0.3 is 0 Å². The molecule has 0 atom stereocenters. The first-order chi connectivity index (χ1) is 9.78. The summed E-state index contributed by atoms with van der Waals surface area (Å²) in [4.78, 5) is 11.8. The zero-order chi connectivity index (χ0) is 13.9. The minimum Gasteiger partial charge on any atom is -0.464 e. The van der Waals surface area contributed by atoms with Crippen molar-refractivity contribution in [2.45, 2.75) is 32.1 Å². The Balaban J connectivity index is 1.77. The standard InChI is InChI=1S/C16H19NO3/c18-6-2-5-17-16(19)9-13-10-20-15-8-12-4-1-3-11(12)7-14(13)15/h7-8,10,18H,1-6,9H2,(H,17,19). The first-order valence-electron chi connectivity index (χ1n) is 7.17. The fourth-order valence-corrected chi connectivity index (χ4v) is 2.83. The lowest BCUT2D eigenvalue weighted by Crippen LogP contribution is -2.26. The molecule has 0 radical (unpaired) electrons. The van der Waals surface area contributed by atoms with E-state index in [1.54, 1.807) is 6.26 Å². The van der Waals surface area contributed by atoms with Crippen LogP contribution < -0.4 is 5.32 Å². The highest BCUT2D eigenvalue weighted by atomic mass is 16.3. The molecule has 4 nitrogen and oxygen atoms in total. The molecule has 1 aliphatic carbocycles. The van der Waals surface area contributed by atoms with Gasteiger partial charge in [-0.1, -0.05) is 0 Å². The fraction of sp³-hybridized carbons (Fsp3) is 0.438. The van der Waals surface area contributed by atoms with E-state index in [9.17, 15) is 4.79 Å². The van der Waals surface area contributed by atoms with Crippen LogP contribution in [0.1, 0.15) is 29.5 Å². The summed E-state index contributed by atoms with van der Waals surface area (Å²) < 4.78 is 5.58. The highest BCUT2D eigenvalue weighted by Crippen LogP contribution is 2.30. The lowest BCUT2D eigenvalue weighted by Gasteiger charge is -2.03. The summed E-state index contributed by atoms with van der Waals surface area (Å²) in [7, 11) is 0. The largest absolute Gasteiger partial charge is 0.464 e. The summed E-state index contributed by atoms with van der Waals surface area (Å²) in [6.07, 6.45) is 6.06. The van der Waals surface area contributed by atoms with E-state index < -0.39 is 0 Å². The summed E-state index contributed by atoms with van der Waals surface area (Å²) in [5.41, 5.74) is 4.59. The van der Waals surface area contributed by atoms with Crippen LogP contribution in [0, 0.1) is 0 Å². The first kappa shape index (κ1) is 13.2. The molecule has 2 N–H and O–H groups in total. The van der Waals surface area contributed by atoms with E-state index in [0.717, 1.165) is 29.4 Å². The predicted octanol–water partition coefficient (Wildman–Crippen LogP) is 1.96. The van der Waals surface area contributed by atoms with Gasteiger partial charge in [-0.05, 0) is 48.9 Å². The van der Waals surface area contributed by atoms with Crippen molar-refractivity contribution in [3.05, 3.63) is 35.1 Å². The molecule has 1 aromatic heterocycles. The number of fused-ring (bicyclic) bond motifs is 2. The van der Waals surface area contributed by atoms with Crippen molar-refractivity contribution in [3.63, 3.8) is 0 Å². The van der Waals surface area contributed by atoms with E-state index in [-0.39, 0.29) is 12.5 Å². The Bertz CT molecular complexity index is 630. The van der Waals surface area contributed by atoms with Gasteiger partial charge in [0.05, 0.1) is 12.7 Å². The van der Waals surface area contributed by atoms with Crippen LogP contribution in [0.25, 0.3) is 11.0 Å². The Labute approximate surface area is 117 Å². The van der Waals surface area contributed by atoms with Gasteiger partial charge in [-0.15, -0.1) is 0 Å². The average molecular weight is 273 g/mol. The molecule has 20 heavy (non-hydrogen) atoms. The van der Waals surface area contributed by atoms with Crippen molar-refractivity contribution < 1.29 is 14.3 Å². The minimum atomic E-state index is -0.0263. The summed E-state index contributed by atoms with van der Waals surface area (Å²) in [6.45, 7) is 0.613. The number of aryl methyl sites for hydroxylation is 2. The van der Waals surface area contributed by atoms with Crippen LogP contribution in [-0.2, 0) is 24.1 Å². The molecule has 0 spiro atoms. The van der Waals surface area contributed by atoms with E-state index in [2.05, 4.69) is 17.4 Å². The molecule has 1 aromatic carbocycles. The van der Waals surface area contributed by atoms with Crippen molar-refractivity contribution in [3.8, 4) is 0 Å². The number of nitrogens with one attached hydrogen (secondary N) is 1. The minimum absolute atomic E-state index is 0.0263. The maximum absolute atomic E-state index is 11.8. The van der Waals surface area contributed by atoms with E-state index in [1.165, 1.54) is 17.5 Å². The first-order valence-corrected chi connectivity index (χ1v) is 7.17. The third-order valence-electron chi connectivity index (χ3n) is 3.88. The number of hydrogen-bond donors (Lipinski definition) is 2. The molecule has 1 heterocycles. The van der Waals surface area contributed by atoms with Crippen LogP contribution in [0.2, 0.25) is 0 Å². The maximum Gasteiger partial charge on any atom is 0.224 e. The number of rotatable bonds is 5. The van der Waals surface area contributed by atoms with Crippen molar-refractivity contribution >= 4 is 16.9 Å². The molecule has 0 fully saturated rings. The number of aliphatic hydroxyl groups is 1. The second-order valence-electron chi connectivity index (χ2n) is 5.34. The van der Waals surface area contributed by atoms with Crippen molar-refractivity contribution in [1.82, 2.24) is 5.32 Å². The lowest BCUT2D eigenvalue weighted by atomic mass is 10.0. The highest BCUT2D eigenvalue weighted by molar-refractivity contribution is 5.88. The van der Waals surface area contributed by atoms with Crippen molar-refractivity contribution in [1.29, 1.82) is 0 Å². The molecule has 3 rings (SSSR count).